The van der Waals surface area contributed by atoms with Gasteiger partial charge >= 0.3 is 0 Å². The van der Waals surface area contributed by atoms with Crippen LogP contribution in [-0.4, -0.2) is 144 Å². The molecule has 1 amide bonds. The van der Waals surface area contributed by atoms with Crippen molar-refractivity contribution in [2.45, 2.75) is 63.0 Å². The fourth-order valence-corrected chi connectivity index (χ4v) is 9.36. The largest absolute Gasteiger partial charge is 0.378 e. The molecule has 1 N–H and O–H groups in total. The van der Waals surface area contributed by atoms with E-state index in [0.29, 0.717) is 54.3 Å². The number of piperazine rings is 1. The zero-order chi connectivity index (χ0) is 42.3. The van der Waals surface area contributed by atoms with Gasteiger partial charge < -0.3 is 29.3 Å². The molecular weight excluding hydrogens is 799 g/mol. The standard InChI is InChI=1S/C41H41F4N13O3/c1-21-48-29-9-10-46-36-28-5-4-6-35(50-28)49-23-12-31(33(59)19-53(2)17-25(61-3)18-55(21)37(29)36)56(15-23)38-26-14-47-58(30-8-7-22(42)11-27(30)43)39(26)52-41(51-38)57-24-13-32(57)40(60)54(16-24)20-34(44)45/h4-11,14,23-25,31-32,34H,12-13,15-20H2,1-3H3,(H,49,50)/t23?,24?,25-,31-,32+/m0/s1. The maximum absolute atomic E-state index is 15.4. The average molecular weight is 840 g/mol. The van der Waals surface area contributed by atoms with Gasteiger partial charge in [0.15, 0.2) is 17.2 Å². The van der Waals surface area contributed by atoms with E-state index in [1.165, 1.54) is 16.9 Å². The molecule has 20 heteroatoms. The number of carbonyl (C=O) groups is 2. The number of pyridine rings is 2. The van der Waals surface area contributed by atoms with Crippen LogP contribution < -0.4 is 15.1 Å². The molecule has 9 heterocycles. The molecule has 4 aliphatic heterocycles. The zero-order valence-electron chi connectivity index (χ0n) is 33.4. The minimum absolute atomic E-state index is 0.0470. The van der Waals surface area contributed by atoms with Gasteiger partial charge in [0.05, 0.1) is 66.1 Å². The van der Waals surface area contributed by atoms with E-state index in [0.717, 1.165) is 33.9 Å². The van der Waals surface area contributed by atoms with Gasteiger partial charge in [-0.2, -0.15) is 15.1 Å². The van der Waals surface area contributed by atoms with Crippen LogP contribution in [0.4, 0.5) is 35.1 Å². The van der Waals surface area contributed by atoms with Crippen molar-refractivity contribution in [3.05, 3.63) is 72.3 Å². The van der Waals surface area contributed by atoms with Gasteiger partial charge in [-0.15, -0.1) is 0 Å². The van der Waals surface area contributed by atoms with E-state index >= 15 is 4.39 Å². The summed E-state index contributed by atoms with van der Waals surface area (Å²) in [5.41, 5.74) is 2.96. The first kappa shape index (κ1) is 38.9. The van der Waals surface area contributed by atoms with Crippen LogP contribution in [0, 0.1) is 18.6 Å². The fraction of sp³-hybridized carbons (Fsp3) is 0.415. The molecule has 2 unspecified atom stereocenters. The molecule has 0 aliphatic carbocycles. The van der Waals surface area contributed by atoms with Gasteiger partial charge in [-0.1, -0.05) is 6.07 Å². The number of rotatable bonds is 6. The van der Waals surface area contributed by atoms with Crippen LogP contribution in [-0.2, 0) is 20.9 Å². The van der Waals surface area contributed by atoms with Gasteiger partial charge in [0.25, 0.3) is 6.43 Å². The summed E-state index contributed by atoms with van der Waals surface area (Å²) in [5.74, 6) is -0.468. The summed E-state index contributed by atoms with van der Waals surface area (Å²) >= 11 is 0. The van der Waals surface area contributed by atoms with Crippen LogP contribution in [0.5, 0.6) is 0 Å². The Balaban J connectivity index is 1.08. The number of aryl methyl sites for hydroxylation is 1. The summed E-state index contributed by atoms with van der Waals surface area (Å²) < 4.78 is 65.6. The first-order chi connectivity index (χ1) is 29.4. The fourth-order valence-electron chi connectivity index (χ4n) is 9.36. The van der Waals surface area contributed by atoms with Crippen LogP contribution in [0.15, 0.2) is 54.9 Å². The molecule has 5 atom stereocenters. The topological polar surface area (TPSA) is 156 Å². The van der Waals surface area contributed by atoms with Gasteiger partial charge in [-0.25, -0.2) is 32.2 Å². The minimum atomic E-state index is -2.69. The third kappa shape index (κ3) is 6.77. The van der Waals surface area contributed by atoms with Gasteiger partial charge in [0, 0.05) is 45.0 Å². The van der Waals surface area contributed by atoms with Crippen LogP contribution >= 0.6 is 0 Å². The number of imidazole rings is 1. The number of alkyl halides is 2. The number of likely N-dealkylation sites (tertiary alicyclic amines) is 1. The number of nitrogens with zero attached hydrogens (tertiary/aromatic N) is 12. The number of benzene rings is 1. The number of methoxy groups -OCH3 is 1. The number of aromatic nitrogens is 8. The van der Waals surface area contributed by atoms with Gasteiger partial charge in [0.1, 0.15) is 40.7 Å². The number of likely N-dealkylation sites (N-methyl/N-ethyl adjacent to an activating group) is 1. The Morgan fingerprint density at radius 2 is 1.82 bits per heavy atom. The second-order valence-electron chi connectivity index (χ2n) is 16.2. The highest BCUT2D eigenvalue weighted by atomic mass is 19.3. The summed E-state index contributed by atoms with van der Waals surface area (Å²) in [6, 6.07) is 8.38. The third-order valence-electron chi connectivity index (χ3n) is 12.2. The molecule has 0 radical (unpaired) electrons. The van der Waals surface area contributed by atoms with Crippen LogP contribution in [0.1, 0.15) is 18.7 Å². The van der Waals surface area contributed by atoms with Crippen molar-refractivity contribution < 1.29 is 31.9 Å². The number of hydrogen-bond acceptors (Lipinski definition) is 13. The number of anilines is 3. The second-order valence-corrected chi connectivity index (χ2v) is 16.2. The van der Waals surface area contributed by atoms with Gasteiger partial charge in [0.2, 0.25) is 11.9 Å². The first-order valence-electron chi connectivity index (χ1n) is 20.1. The molecule has 3 saturated heterocycles. The van der Waals surface area contributed by atoms with Crippen molar-refractivity contribution in [1.29, 1.82) is 0 Å². The van der Waals surface area contributed by atoms with E-state index in [9.17, 15) is 22.8 Å². The molecule has 10 rings (SSSR count). The number of Topliss-reactive ketones (excluding diaryl/α,β-unsaturated/α-hetero) is 1. The summed E-state index contributed by atoms with van der Waals surface area (Å²) in [6.07, 6.45) is 0.937. The highest BCUT2D eigenvalue weighted by Gasteiger charge is 2.52. The summed E-state index contributed by atoms with van der Waals surface area (Å²) in [4.78, 5) is 59.2. The van der Waals surface area contributed by atoms with E-state index in [-0.39, 0.29) is 60.9 Å². The maximum atomic E-state index is 15.4. The quantitative estimate of drug-likeness (QED) is 0.242. The average Bonchev–Trinajstić information content (AvgIpc) is 3.92. The van der Waals surface area contributed by atoms with Crippen molar-refractivity contribution in [2.75, 3.05) is 62.0 Å². The Hall–Kier alpha value is -6.28. The van der Waals surface area contributed by atoms with E-state index in [2.05, 4.69) is 15.0 Å². The monoisotopic (exact) mass is 839 g/mol. The molecule has 0 saturated carbocycles. The molecule has 4 aliphatic rings. The maximum Gasteiger partial charge on any atom is 0.255 e. The van der Waals surface area contributed by atoms with Crippen LogP contribution in [0.3, 0.4) is 0 Å². The Labute approximate surface area is 346 Å². The lowest BCUT2D eigenvalue weighted by molar-refractivity contribution is -0.142. The lowest BCUT2D eigenvalue weighted by Gasteiger charge is -2.55. The van der Waals surface area contributed by atoms with E-state index in [1.807, 2.05) is 48.0 Å². The number of carbonyl (C=O) groups excluding carboxylic acids is 2. The molecule has 16 nitrogen and oxygen atoms in total. The zero-order valence-corrected chi connectivity index (χ0v) is 33.4. The van der Waals surface area contributed by atoms with Crippen molar-refractivity contribution in [3.8, 4) is 17.1 Å². The van der Waals surface area contributed by atoms with Crippen molar-refractivity contribution in [3.63, 3.8) is 0 Å². The summed E-state index contributed by atoms with van der Waals surface area (Å²) in [7, 11) is 3.50. The Morgan fingerprint density at radius 3 is 2.61 bits per heavy atom. The Morgan fingerprint density at radius 1 is 0.967 bits per heavy atom. The first-order valence-corrected chi connectivity index (χ1v) is 20.1. The molecule has 5 aromatic heterocycles. The third-order valence-corrected chi connectivity index (χ3v) is 12.2. The molecule has 61 heavy (non-hydrogen) atoms. The smallest absolute Gasteiger partial charge is 0.255 e. The molecular formula is C41H41F4N13O3. The number of ether oxygens (including phenoxy) is 1. The van der Waals surface area contributed by atoms with E-state index in [1.54, 1.807) is 18.2 Å². The number of halogens is 4. The second kappa shape index (κ2) is 15.0. The molecule has 6 bridgehead atoms. The molecule has 1 aromatic carbocycles. The van der Waals surface area contributed by atoms with Crippen LogP contribution in [0.25, 0.3) is 39.1 Å². The predicted molar refractivity (Wildman–Crippen MR) is 216 cm³/mol. The van der Waals surface area contributed by atoms with E-state index < -0.39 is 42.6 Å². The molecule has 316 valence electrons. The molecule has 3 fully saturated rings. The normalized spacial score (nSPS) is 23.3. The number of ketones is 1. The summed E-state index contributed by atoms with van der Waals surface area (Å²) in [5, 5.41) is 8.42. The SMILES string of the molecule is CO[C@H]1CN(C)CC(=O)[C@@H]2CC(CN2c2nc(N3C4C[C@@H]3C(=O)N(CC(F)F)C4)nc3c2cnn3-c2ccc(F)cc2F)Nc2cccc(n2)-c2nccc3nc(C)n(c23)C1. The molecule has 0 spiro atoms. The molecule has 6 aromatic rings. The Bertz CT molecular complexity index is 2710. The number of fused-ring (bicyclic) bond motifs is 8. The number of nitrogens with one attached hydrogen (secondary N) is 1. The summed E-state index contributed by atoms with van der Waals surface area (Å²) in [6.45, 7) is 2.47. The minimum Gasteiger partial charge on any atom is -0.378 e. The number of amides is 1. The lowest BCUT2D eigenvalue weighted by atomic mass is 9.87. The number of hydrogen-bond donors (Lipinski definition) is 1. The van der Waals surface area contributed by atoms with Crippen molar-refractivity contribution in [1.82, 2.24) is 49.1 Å². The Kier molecular flexibility index (Phi) is 9.57. The van der Waals surface area contributed by atoms with Crippen molar-refractivity contribution in [2.24, 2.45) is 0 Å². The van der Waals surface area contributed by atoms with Crippen LogP contribution in [0.2, 0.25) is 0 Å². The highest BCUT2D eigenvalue weighted by molar-refractivity contribution is 5.96. The van der Waals surface area contributed by atoms with E-state index in [4.69, 9.17) is 29.7 Å². The lowest BCUT2D eigenvalue weighted by Crippen LogP contribution is -2.72. The predicted octanol–water partition coefficient (Wildman–Crippen LogP) is 3.85. The van der Waals surface area contributed by atoms with Gasteiger partial charge in [-0.05, 0) is 57.1 Å². The highest BCUT2D eigenvalue weighted by Crippen LogP contribution is 2.40. The van der Waals surface area contributed by atoms with Gasteiger partial charge in [-0.3, -0.25) is 19.5 Å². The number of piperidine rings is 1. The van der Waals surface area contributed by atoms with Crippen molar-refractivity contribution >= 4 is 51.3 Å².